The summed E-state index contributed by atoms with van der Waals surface area (Å²) in [7, 11) is 0. The van der Waals surface area contributed by atoms with Gasteiger partial charge in [-0.05, 0) is 36.4 Å². The zero-order valence-electron chi connectivity index (χ0n) is 11.7. The van der Waals surface area contributed by atoms with Gasteiger partial charge in [0.05, 0.1) is 6.61 Å². The largest absolute Gasteiger partial charge is 0.489 e. The molecule has 2 aromatic carbocycles. The first-order valence-electron chi connectivity index (χ1n) is 6.68. The number of amides is 1. The van der Waals surface area contributed by atoms with Crippen LogP contribution in [0.3, 0.4) is 0 Å². The second-order valence-electron chi connectivity index (χ2n) is 4.84. The van der Waals surface area contributed by atoms with Gasteiger partial charge >= 0.3 is 0 Å². The van der Waals surface area contributed by atoms with Crippen LogP contribution in [0.25, 0.3) is 0 Å². The molecule has 1 heterocycles. The third-order valence-electron chi connectivity index (χ3n) is 3.28. The van der Waals surface area contributed by atoms with Crippen molar-refractivity contribution >= 4 is 17.5 Å². The quantitative estimate of drug-likeness (QED) is 0.940. The van der Waals surface area contributed by atoms with Crippen LogP contribution >= 0.6 is 11.6 Å². The van der Waals surface area contributed by atoms with Crippen LogP contribution in [0.4, 0.5) is 0 Å². The molecule has 22 heavy (non-hydrogen) atoms. The normalized spacial score (nSPS) is 13.1. The molecule has 1 amide bonds. The molecule has 0 fully saturated rings. The van der Waals surface area contributed by atoms with Crippen LogP contribution in [0.15, 0.2) is 36.4 Å². The Morgan fingerprint density at radius 2 is 2.05 bits per heavy atom. The number of carbonyl (C=O) groups is 1. The molecule has 0 aromatic heterocycles. The summed E-state index contributed by atoms with van der Waals surface area (Å²) in [6, 6.07) is 10.3. The number of fused-ring (bicyclic) bond motifs is 1. The Bertz CT molecular complexity index is 700. The molecular formula is C16H14ClNO4. The van der Waals surface area contributed by atoms with E-state index in [1.54, 1.807) is 24.3 Å². The average molecular weight is 320 g/mol. The minimum Gasteiger partial charge on any atom is -0.489 e. The molecule has 0 spiro atoms. The molecule has 2 N–H and O–H groups in total. The first-order valence-corrected chi connectivity index (χ1v) is 7.06. The van der Waals surface area contributed by atoms with Crippen LogP contribution in [-0.4, -0.2) is 12.7 Å². The van der Waals surface area contributed by atoms with Crippen molar-refractivity contribution in [2.24, 2.45) is 5.73 Å². The molecule has 3 rings (SSSR count). The monoisotopic (exact) mass is 319 g/mol. The molecule has 0 unspecified atom stereocenters. The molecule has 6 heteroatoms. The topological polar surface area (TPSA) is 70.8 Å². The van der Waals surface area contributed by atoms with Gasteiger partial charge in [-0.25, -0.2) is 0 Å². The number of benzene rings is 2. The summed E-state index contributed by atoms with van der Waals surface area (Å²) < 4.78 is 16.5. The summed E-state index contributed by atoms with van der Waals surface area (Å²) >= 11 is 6.10. The standard InChI is InChI=1S/C16H14ClNO4/c17-13-5-11-7-20-9-22-15(11)12(6-13)8-21-14-3-1-10(2-4-14)16(18)19/h1-6H,7-9H2,(H2,18,19). The van der Waals surface area contributed by atoms with E-state index in [0.29, 0.717) is 29.5 Å². The van der Waals surface area contributed by atoms with Crippen LogP contribution in [0.2, 0.25) is 5.02 Å². The smallest absolute Gasteiger partial charge is 0.248 e. The maximum absolute atomic E-state index is 11.0. The number of rotatable bonds is 4. The SMILES string of the molecule is NC(=O)c1ccc(OCc2cc(Cl)cc3c2OCOC3)cc1. The molecule has 114 valence electrons. The fraction of sp³-hybridized carbons (Fsp3) is 0.188. The van der Waals surface area contributed by atoms with Gasteiger partial charge in [0.2, 0.25) is 5.91 Å². The Morgan fingerprint density at radius 3 is 2.77 bits per heavy atom. The fourth-order valence-corrected chi connectivity index (χ4v) is 2.50. The van der Waals surface area contributed by atoms with E-state index < -0.39 is 5.91 Å². The first-order chi connectivity index (χ1) is 10.6. The van der Waals surface area contributed by atoms with E-state index in [4.69, 9.17) is 31.5 Å². The van der Waals surface area contributed by atoms with Crippen LogP contribution < -0.4 is 15.2 Å². The number of carbonyl (C=O) groups excluding carboxylic acids is 1. The lowest BCUT2D eigenvalue weighted by molar-refractivity contribution is -0.0175. The Hall–Kier alpha value is -2.24. The molecule has 2 aromatic rings. The van der Waals surface area contributed by atoms with E-state index >= 15 is 0 Å². The minimum absolute atomic E-state index is 0.217. The van der Waals surface area contributed by atoms with Gasteiger partial charge in [0.25, 0.3) is 0 Å². The summed E-state index contributed by atoms with van der Waals surface area (Å²) in [5.74, 6) is 0.916. The van der Waals surface area contributed by atoms with Crippen molar-refractivity contribution in [3.05, 3.63) is 58.1 Å². The second-order valence-corrected chi connectivity index (χ2v) is 5.28. The van der Waals surface area contributed by atoms with Gasteiger partial charge in [0, 0.05) is 21.7 Å². The maximum Gasteiger partial charge on any atom is 0.248 e. The summed E-state index contributed by atoms with van der Waals surface area (Å²) in [5.41, 5.74) is 7.39. The molecule has 0 saturated heterocycles. The lowest BCUT2D eigenvalue weighted by atomic mass is 10.1. The van der Waals surface area contributed by atoms with Crippen molar-refractivity contribution < 1.29 is 19.0 Å². The van der Waals surface area contributed by atoms with Gasteiger partial charge in [-0.2, -0.15) is 0 Å². The first kappa shape index (κ1) is 14.7. The molecule has 0 saturated carbocycles. The number of primary amides is 1. The highest BCUT2D eigenvalue weighted by Gasteiger charge is 2.16. The van der Waals surface area contributed by atoms with Crippen LogP contribution in [0.5, 0.6) is 11.5 Å². The van der Waals surface area contributed by atoms with Crippen molar-refractivity contribution in [3.8, 4) is 11.5 Å². The number of hydrogen-bond donors (Lipinski definition) is 1. The summed E-state index contributed by atoms with van der Waals surface area (Å²) in [4.78, 5) is 11.0. The molecule has 0 aliphatic carbocycles. The highest BCUT2D eigenvalue weighted by atomic mass is 35.5. The van der Waals surface area contributed by atoms with Crippen LogP contribution in [-0.2, 0) is 18.0 Å². The Morgan fingerprint density at radius 1 is 1.27 bits per heavy atom. The third kappa shape index (κ3) is 3.16. The maximum atomic E-state index is 11.0. The van der Waals surface area contributed by atoms with E-state index in [0.717, 1.165) is 16.9 Å². The zero-order chi connectivity index (χ0) is 15.5. The van der Waals surface area contributed by atoms with E-state index in [1.807, 2.05) is 12.1 Å². The van der Waals surface area contributed by atoms with E-state index in [-0.39, 0.29) is 6.79 Å². The second kappa shape index (κ2) is 6.25. The van der Waals surface area contributed by atoms with Crippen LogP contribution in [0.1, 0.15) is 21.5 Å². The van der Waals surface area contributed by atoms with E-state index in [2.05, 4.69) is 0 Å². The molecule has 0 bridgehead atoms. The van der Waals surface area contributed by atoms with Gasteiger partial charge in [0.1, 0.15) is 18.1 Å². The van der Waals surface area contributed by atoms with Crippen molar-refractivity contribution in [1.29, 1.82) is 0 Å². The minimum atomic E-state index is -0.469. The van der Waals surface area contributed by atoms with Gasteiger partial charge in [-0.15, -0.1) is 0 Å². The van der Waals surface area contributed by atoms with Gasteiger partial charge in [-0.1, -0.05) is 11.6 Å². The van der Waals surface area contributed by atoms with Gasteiger partial charge < -0.3 is 19.9 Å². The van der Waals surface area contributed by atoms with E-state index in [1.165, 1.54) is 0 Å². The highest BCUT2D eigenvalue weighted by Crippen LogP contribution is 2.32. The lowest BCUT2D eigenvalue weighted by Crippen LogP contribution is -2.14. The Labute approximate surface area is 132 Å². The fourth-order valence-electron chi connectivity index (χ4n) is 2.24. The number of ether oxygens (including phenoxy) is 3. The van der Waals surface area contributed by atoms with Crippen molar-refractivity contribution in [2.45, 2.75) is 13.2 Å². The van der Waals surface area contributed by atoms with Gasteiger partial charge in [-0.3, -0.25) is 4.79 Å². The van der Waals surface area contributed by atoms with Crippen LogP contribution in [0, 0.1) is 0 Å². The molecule has 1 aliphatic heterocycles. The highest BCUT2D eigenvalue weighted by molar-refractivity contribution is 6.30. The van der Waals surface area contributed by atoms with Crippen molar-refractivity contribution in [3.63, 3.8) is 0 Å². The lowest BCUT2D eigenvalue weighted by Gasteiger charge is -2.21. The molecule has 5 nitrogen and oxygen atoms in total. The predicted octanol–water partition coefficient (Wildman–Crippen LogP) is 2.88. The Kier molecular flexibility index (Phi) is 4.18. The number of hydrogen-bond acceptors (Lipinski definition) is 4. The zero-order valence-corrected chi connectivity index (χ0v) is 12.4. The number of halogens is 1. The third-order valence-corrected chi connectivity index (χ3v) is 3.50. The average Bonchev–Trinajstić information content (AvgIpc) is 2.52. The Balaban J connectivity index is 1.76. The number of nitrogens with two attached hydrogens (primary N) is 1. The summed E-state index contributed by atoms with van der Waals surface area (Å²) in [6.07, 6.45) is 0. The molecular weight excluding hydrogens is 306 g/mol. The van der Waals surface area contributed by atoms with E-state index in [9.17, 15) is 4.79 Å². The van der Waals surface area contributed by atoms with Crippen molar-refractivity contribution in [1.82, 2.24) is 0 Å². The molecule has 0 atom stereocenters. The summed E-state index contributed by atoms with van der Waals surface area (Å²) in [5, 5.41) is 0.607. The molecule has 1 aliphatic rings. The summed E-state index contributed by atoms with van der Waals surface area (Å²) in [6.45, 7) is 0.990. The molecule has 0 radical (unpaired) electrons. The van der Waals surface area contributed by atoms with Gasteiger partial charge in [0.15, 0.2) is 6.79 Å². The van der Waals surface area contributed by atoms with Crippen molar-refractivity contribution in [2.75, 3.05) is 6.79 Å². The predicted molar refractivity (Wildman–Crippen MR) is 81.0 cm³/mol.